The molecule has 0 spiro atoms. The molecule has 16 heavy (non-hydrogen) atoms. The fourth-order valence-electron chi connectivity index (χ4n) is 1.34. The van der Waals surface area contributed by atoms with E-state index in [1.165, 1.54) is 0 Å². The van der Waals surface area contributed by atoms with E-state index < -0.39 is 0 Å². The summed E-state index contributed by atoms with van der Waals surface area (Å²) in [5, 5.41) is 7.80. The topological polar surface area (TPSA) is 24.1 Å². The lowest BCUT2D eigenvalue weighted by atomic mass is 10.1. The van der Waals surface area contributed by atoms with E-state index in [2.05, 4.69) is 31.4 Å². The van der Waals surface area contributed by atoms with Gasteiger partial charge in [-0.1, -0.05) is 23.7 Å². The molecule has 0 radical (unpaired) electrons. The van der Waals surface area contributed by atoms with Crippen LogP contribution in [0.1, 0.15) is 32.4 Å². The maximum Gasteiger partial charge on any atom is 0.166 e. The van der Waals surface area contributed by atoms with E-state index in [0.29, 0.717) is 11.2 Å². The van der Waals surface area contributed by atoms with Gasteiger partial charge in [-0.25, -0.2) is 0 Å². The van der Waals surface area contributed by atoms with Gasteiger partial charge in [0.25, 0.3) is 0 Å². The second-order valence-electron chi connectivity index (χ2n) is 4.05. The Morgan fingerprint density at radius 3 is 2.19 bits per heavy atom. The molecule has 88 valence electrons. The monoisotopic (exact) mass is 256 g/mol. The Labute approximate surface area is 107 Å². The highest BCUT2D eigenvalue weighted by atomic mass is 35.5. The smallest absolute Gasteiger partial charge is 0.166 e. The van der Waals surface area contributed by atoms with Crippen LogP contribution in [-0.4, -0.2) is 11.2 Å². The summed E-state index contributed by atoms with van der Waals surface area (Å²) >= 11 is 11.0. The van der Waals surface area contributed by atoms with Gasteiger partial charge < -0.3 is 10.6 Å². The number of hydrogen-bond acceptors (Lipinski definition) is 1. The van der Waals surface area contributed by atoms with Crippen molar-refractivity contribution in [2.24, 2.45) is 0 Å². The Morgan fingerprint density at radius 2 is 1.69 bits per heavy atom. The minimum absolute atomic E-state index is 0.177. The van der Waals surface area contributed by atoms with Crippen LogP contribution in [0.2, 0.25) is 5.02 Å². The molecule has 1 aromatic carbocycles. The predicted octanol–water partition coefficient (Wildman–Crippen LogP) is 3.27. The average molecular weight is 257 g/mol. The summed E-state index contributed by atoms with van der Waals surface area (Å²) in [5.74, 6) is 0. The van der Waals surface area contributed by atoms with Crippen molar-refractivity contribution in [2.45, 2.75) is 32.9 Å². The molecule has 0 aliphatic carbocycles. The largest absolute Gasteiger partial charge is 0.361 e. The van der Waals surface area contributed by atoms with Gasteiger partial charge in [0.1, 0.15) is 0 Å². The first-order chi connectivity index (χ1) is 7.49. The van der Waals surface area contributed by atoms with E-state index in [-0.39, 0.29) is 6.04 Å². The molecular weight excluding hydrogens is 240 g/mol. The van der Waals surface area contributed by atoms with Gasteiger partial charge in [0.15, 0.2) is 5.11 Å². The van der Waals surface area contributed by atoms with Crippen molar-refractivity contribution < 1.29 is 0 Å². The van der Waals surface area contributed by atoms with Crippen LogP contribution < -0.4 is 10.6 Å². The molecule has 0 bridgehead atoms. The van der Waals surface area contributed by atoms with Crippen molar-refractivity contribution in [1.82, 2.24) is 10.6 Å². The summed E-state index contributed by atoms with van der Waals surface area (Å²) in [6.45, 7) is 6.18. The molecule has 0 heterocycles. The molecule has 0 aliphatic rings. The van der Waals surface area contributed by atoms with Gasteiger partial charge in [0, 0.05) is 11.1 Å². The fourth-order valence-corrected chi connectivity index (χ4v) is 1.87. The molecule has 1 atom stereocenters. The maximum atomic E-state index is 5.83. The van der Waals surface area contributed by atoms with Gasteiger partial charge in [-0.05, 0) is 50.7 Å². The Morgan fingerprint density at radius 1 is 1.12 bits per heavy atom. The Kier molecular flexibility index (Phi) is 5.03. The van der Waals surface area contributed by atoms with Crippen molar-refractivity contribution in [3.63, 3.8) is 0 Å². The minimum atomic E-state index is 0.177. The first-order valence-corrected chi connectivity index (χ1v) is 6.10. The highest BCUT2D eigenvalue weighted by molar-refractivity contribution is 7.80. The Bertz CT molecular complexity index is 349. The van der Waals surface area contributed by atoms with Crippen molar-refractivity contribution in [1.29, 1.82) is 0 Å². The Hall–Kier alpha value is -0.800. The molecule has 0 saturated heterocycles. The molecule has 0 amide bonds. The zero-order valence-corrected chi connectivity index (χ0v) is 11.3. The van der Waals surface area contributed by atoms with E-state index in [0.717, 1.165) is 10.6 Å². The van der Waals surface area contributed by atoms with Crippen molar-refractivity contribution in [3.05, 3.63) is 34.9 Å². The van der Waals surface area contributed by atoms with Crippen LogP contribution in [0, 0.1) is 0 Å². The normalized spacial score (nSPS) is 12.3. The van der Waals surface area contributed by atoms with Gasteiger partial charge in [0.2, 0.25) is 0 Å². The van der Waals surface area contributed by atoms with Gasteiger partial charge in [-0.2, -0.15) is 0 Å². The van der Waals surface area contributed by atoms with Gasteiger partial charge in [-0.15, -0.1) is 0 Å². The highest BCUT2D eigenvalue weighted by Crippen LogP contribution is 2.15. The van der Waals surface area contributed by atoms with Crippen LogP contribution in [0.4, 0.5) is 0 Å². The lowest BCUT2D eigenvalue weighted by molar-refractivity contribution is 0.664. The van der Waals surface area contributed by atoms with Crippen molar-refractivity contribution >= 4 is 28.9 Å². The molecule has 2 N–H and O–H groups in total. The predicted molar refractivity (Wildman–Crippen MR) is 73.9 cm³/mol. The zero-order chi connectivity index (χ0) is 12.1. The van der Waals surface area contributed by atoms with E-state index in [4.69, 9.17) is 23.8 Å². The number of hydrogen-bond donors (Lipinski definition) is 2. The summed E-state index contributed by atoms with van der Waals surface area (Å²) in [7, 11) is 0. The molecule has 0 aromatic heterocycles. The quantitative estimate of drug-likeness (QED) is 0.812. The second-order valence-corrected chi connectivity index (χ2v) is 4.89. The van der Waals surface area contributed by atoms with E-state index in [1.54, 1.807) is 0 Å². The van der Waals surface area contributed by atoms with Crippen molar-refractivity contribution in [2.75, 3.05) is 0 Å². The summed E-state index contributed by atoms with van der Waals surface area (Å²) in [5.41, 5.74) is 1.16. The molecule has 4 heteroatoms. The highest BCUT2D eigenvalue weighted by Gasteiger charge is 2.07. The lowest BCUT2D eigenvalue weighted by Gasteiger charge is -2.19. The molecular formula is C12H17ClN2S. The van der Waals surface area contributed by atoms with Gasteiger partial charge in [0.05, 0.1) is 6.04 Å². The number of halogens is 1. The third kappa shape index (κ3) is 4.37. The third-order valence-corrected chi connectivity index (χ3v) is 2.63. The van der Waals surface area contributed by atoms with Crippen LogP contribution in [0.5, 0.6) is 0 Å². The number of nitrogens with one attached hydrogen (secondary N) is 2. The molecule has 0 aliphatic heterocycles. The first-order valence-electron chi connectivity index (χ1n) is 5.31. The molecule has 0 saturated carbocycles. The minimum Gasteiger partial charge on any atom is -0.361 e. The molecule has 1 aromatic rings. The fraction of sp³-hybridized carbons (Fsp3) is 0.417. The summed E-state index contributed by atoms with van der Waals surface area (Å²) in [6.07, 6.45) is 0. The summed E-state index contributed by atoms with van der Waals surface area (Å²) < 4.78 is 0. The van der Waals surface area contributed by atoms with E-state index in [1.807, 2.05) is 24.3 Å². The van der Waals surface area contributed by atoms with Gasteiger partial charge >= 0.3 is 0 Å². The van der Waals surface area contributed by atoms with E-state index in [9.17, 15) is 0 Å². The molecule has 1 unspecified atom stereocenters. The van der Waals surface area contributed by atoms with Crippen LogP contribution in [0.3, 0.4) is 0 Å². The zero-order valence-electron chi connectivity index (χ0n) is 9.75. The second kappa shape index (κ2) is 6.06. The van der Waals surface area contributed by atoms with Crippen LogP contribution in [0.15, 0.2) is 24.3 Å². The number of thiocarbonyl (C=S) groups is 1. The first kappa shape index (κ1) is 13.3. The maximum absolute atomic E-state index is 5.83. The van der Waals surface area contributed by atoms with Crippen LogP contribution >= 0.6 is 23.8 Å². The van der Waals surface area contributed by atoms with Gasteiger partial charge in [-0.3, -0.25) is 0 Å². The van der Waals surface area contributed by atoms with E-state index >= 15 is 0 Å². The summed E-state index contributed by atoms with van der Waals surface area (Å²) in [4.78, 5) is 0. The standard InChI is InChI=1S/C12H17ClN2S/c1-8(2)14-12(16)15-9(3)10-4-6-11(13)7-5-10/h4-9H,1-3H3,(H2,14,15,16). The third-order valence-electron chi connectivity index (χ3n) is 2.14. The molecule has 2 nitrogen and oxygen atoms in total. The summed E-state index contributed by atoms with van der Waals surface area (Å²) in [6, 6.07) is 8.28. The van der Waals surface area contributed by atoms with Crippen molar-refractivity contribution in [3.8, 4) is 0 Å². The SMILES string of the molecule is CC(C)NC(=S)NC(C)c1ccc(Cl)cc1. The average Bonchev–Trinajstić information content (AvgIpc) is 2.16. The molecule has 1 rings (SSSR count). The lowest BCUT2D eigenvalue weighted by Crippen LogP contribution is -2.40. The van der Waals surface area contributed by atoms with Crippen LogP contribution in [-0.2, 0) is 0 Å². The number of benzene rings is 1. The number of rotatable bonds is 3. The Balaban J connectivity index is 2.55. The van der Waals surface area contributed by atoms with Crippen LogP contribution in [0.25, 0.3) is 0 Å². The molecule has 0 fully saturated rings.